The van der Waals surface area contributed by atoms with E-state index in [0.29, 0.717) is 19.2 Å². The first kappa shape index (κ1) is 36.4. The smallest absolute Gasteiger partial charge is 0.409 e. The summed E-state index contributed by atoms with van der Waals surface area (Å²) in [5, 5.41) is 4.58. The van der Waals surface area contributed by atoms with Gasteiger partial charge in [-0.2, -0.15) is 5.10 Å². The van der Waals surface area contributed by atoms with Crippen molar-refractivity contribution in [2.45, 2.75) is 102 Å². The Morgan fingerprint density at radius 3 is 2.29 bits per heavy atom. The van der Waals surface area contributed by atoms with Crippen molar-refractivity contribution < 1.29 is 19.1 Å². The number of fused-ring (bicyclic) bond motifs is 3. The van der Waals surface area contributed by atoms with Crippen molar-refractivity contribution in [3.63, 3.8) is 0 Å². The van der Waals surface area contributed by atoms with Gasteiger partial charge in [0, 0.05) is 55.6 Å². The third-order valence-corrected chi connectivity index (χ3v) is 13.1. The summed E-state index contributed by atoms with van der Waals surface area (Å²) in [5.41, 5.74) is 4.97. The molecule has 10 nitrogen and oxygen atoms in total. The van der Waals surface area contributed by atoms with E-state index in [4.69, 9.17) is 14.5 Å². The second-order valence-electron chi connectivity index (χ2n) is 16.9. The Morgan fingerprint density at radius 2 is 1.67 bits per heavy atom. The first-order valence-corrected chi connectivity index (χ1v) is 19.5. The van der Waals surface area contributed by atoms with E-state index < -0.39 is 0 Å². The lowest BCUT2D eigenvalue weighted by Gasteiger charge is -2.55. The van der Waals surface area contributed by atoms with Crippen molar-refractivity contribution in [2.24, 2.45) is 17.3 Å². The molecule has 0 unspecified atom stereocenters. The highest BCUT2D eigenvalue weighted by Crippen LogP contribution is 2.58. The molecule has 1 saturated heterocycles. The number of likely N-dealkylation sites (N-methyl/N-ethyl adjacent to an activating group) is 1. The van der Waals surface area contributed by atoms with E-state index in [-0.39, 0.29) is 40.7 Å². The molecule has 10 heteroatoms. The lowest BCUT2D eigenvalue weighted by molar-refractivity contribution is -0.124. The summed E-state index contributed by atoms with van der Waals surface area (Å²) in [4.78, 5) is 38.2. The Kier molecular flexibility index (Phi) is 10.4. The van der Waals surface area contributed by atoms with Gasteiger partial charge < -0.3 is 19.3 Å². The zero-order valence-electron chi connectivity index (χ0n) is 32.1. The van der Waals surface area contributed by atoms with E-state index in [1.165, 1.54) is 11.1 Å². The standard InChI is InChI=1S/C42H58N6O4/c1-29(2)48-24-34(23-44-48)33-13-20-43-38(22-33)47(28-41-14-17-42(18-15-41,19-16-41)35-11-12-37(51-6)30(3)21-35)39(49)32-9-7-31(8-10-32)27-52-40(50)46-25-36(26-46)45(4)5/h11-13,20-24,29,31-32,36H,7-10,14-19,25-28H2,1-6H3. The second kappa shape index (κ2) is 14.8. The molecule has 2 amide bonds. The number of amides is 2. The highest BCUT2D eigenvalue weighted by atomic mass is 16.6. The number of carbonyl (C=O) groups is 2. The fourth-order valence-corrected chi connectivity index (χ4v) is 9.27. The Morgan fingerprint density at radius 1 is 0.962 bits per heavy atom. The molecule has 8 rings (SSSR count). The van der Waals surface area contributed by atoms with Crippen LogP contribution in [0.15, 0.2) is 48.9 Å². The van der Waals surface area contributed by atoms with Gasteiger partial charge in [0.2, 0.25) is 5.91 Å². The van der Waals surface area contributed by atoms with Gasteiger partial charge in [-0.1, -0.05) is 12.1 Å². The van der Waals surface area contributed by atoms with Gasteiger partial charge in [-0.3, -0.25) is 14.4 Å². The summed E-state index contributed by atoms with van der Waals surface area (Å²) in [6.45, 7) is 8.97. The van der Waals surface area contributed by atoms with Crippen LogP contribution in [0, 0.1) is 24.2 Å². The summed E-state index contributed by atoms with van der Waals surface area (Å²) in [5.74, 6) is 2.10. The molecular weight excluding hydrogens is 652 g/mol. The number of pyridine rings is 1. The van der Waals surface area contributed by atoms with Crippen LogP contribution in [-0.2, 0) is 14.9 Å². The van der Waals surface area contributed by atoms with E-state index in [1.54, 1.807) is 12.0 Å². The number of aryl methyl sites for hydroxylation is 1. The highest BCUT2D eigenvalue weighted by Gasteiger charge is 2.51. The Hall–Kier alpha value is -3.92. The fraction of sp³-hybridized carbons (Fsp3) is 0.619. The minimum Gasteiger partial charge on any atom is -0.496 e. The van der Waals surface area contributed by atoms with Crippen LogP contribution in [0.5, 0.6) is 5.75 Å². The largest absolute Gasteiger partial charge is 0.496 e. The maximum absolute atomic E-state index is 14.7. The van der Waals surface area contributed by atoms with Crippen LogP contribution in [0.1, 0.15) is 95.2 Å². The van der Waals surface area contributed by atoms with Crippen LogP contribution in [0.3, 0.4) is 0 Å². The zero-order chi connectivity index (χ0) is 36.6. The average molecular weight is 711 g/mol. The Balaban J connectivity index is 1.05. The molecule has 4 saturated carbocycles. The van der Waals surface area contributed by atoms with Crippen molar-refractivity contribution in [1.82, 2.24) is 24.6 Å². The SMILES string of the molecule is COc1ccc(C23CCC(CN(C(=O)C4CCC(COC(=O)N5CC(N(C)C)C5)CC4)c4cc(-c5cnn(C(C)C)c5)ccn4)(CC2)CC3)cc1C. The third-order valence-electron chi connectivity index (χ3n) is 13.1. The maximum Gasteiger partial charge on any atom is 0.409 e. The number of benzene rings is 1. The third kappa shape index (κ3) is 7.32. The minimum absolute atomic E-state index is 0.0673. The molecule has 5 fully saturated rings. The number of hydrogen-bond acceptors (Lipinski definition) is 7. The van der Waals surface area contributed by atoms with Gasteiger partial charge in [0.25, 0.3) is 0 Å². The van der Waals surface area contributed by atoms with Crippen molar-refractivity contribution in [1.29, 1.82) is 0 Å². The van der Waals surface area contributed by atoms with Gasteiger partial charge in [-0.15, -0.1) is 0 Å². The van der Waals surface area contributed by atoms with Gasteiger partial charge in [0.05, 0.1) is 19.9 Å². The first-order chi connectivity index (χ1) is 25.0. The summed E-state index contributed by atoms with van der Waals surface area (Å²) < 4.78 is 13.3. The molecule has 3 aromatic rings. The molecule has 1 aromatic carbocycles. The summed E-state index contributed by atoms with van der Waals surface area (Å²) in [6, 6.07) is 11.5. The van der Waals surface area contributed by atoms with Crippen LogP contribution in [0.25, 0.3) is 11.1 Å². The van der Waals surface area contributed by atoms with E-state index >= 15 is 0 Å². The average Bonchev–Trinajstić information content (AvgIpc) is 3.64. The van der Waals surface area contributed by atoms with Crippen LogP contribution in [0.2, 0.25) is 0 Å². The lowest BCUT2D eigenvalue weighted by Crippen LogP contribution is -2.59. The first-order valence-electron chi connectivity index (χ1n) is 19.5. The number of hydrogen-bond donors (Lipinski definition) is 0. The molecule has 1 aliphatic heterocycles. The van der Waals surface area contributed by atoms with Gasteiger partial charge in [0.1, 0.15) is 11.6 Å². The normalized spacial score (nSPS) is 26.0. The highest BCUT2D eigenvalue weighted by molar-refractivity contribution is 5.95. The predicted molar refractivity (Wildman–Crippen MR) is 204 cm³/mol. The second-order valence-corrected chi connectivity index (χ2v) is 16.9. The fourth-order valence-electron chi connectivity index (χ4n) is 9.27. The van der Waals surface area contributed by atoms with E-state index in [1.807, 2.05) is 37.2 Å². The Labute approximate surface area is 309 Å². The molecule has 0 N–H and O–H groups in total. The molecule has 0 radical (unpaired) electrons. The molecule has 5 aliphatic rings. The molecule has 3 heterocycles. The molecule has 0 spiro atoms. The molecule has 2 bridgehead atoms. The molecular formula is C42H58N6O4. The van der Waals surface area contributed by atoms with Crippen LogP contribution in [0.4, 0.5) is 10.6 Å². The quantitative estimate of drug-likeness (QED) is 0.202. The zero-order valence-corrected chi connectivity index (χ0v) is 32.1. The van der Waals surface area contributed by atoms with Crippen molar-refractivity contribution in [2.75, 3.05) is 52.3 Å². The van der Waals surface area contributed by atoms with E-state index in [9.17, 15) is 9.59 Å². The molecule has 2 aromatic heterocycles. The van der Waals surface area contributed by atoms with Crippen molar-refractivity contribution in [3.8, 4) is 16.9 Å². The van der Waals surface area contributed by atoms with Gasteiger partial charge in [0.15, 0.2) is 0 Å². The maximum atomic E-state index is 14.7. The summed E-state index contributed by atoms with van der Waals surface area (Å²) in [7, 11) is 5.83. The molecule has 280 valence electrons. The van der Waals surface area contributed by atoms with Crippen molar-refractivity contribution in [3.05, 3.63) is 60.0 Å². The Bertz CT molecular complexity index is 1710. The van der Waals surface area contributed by atoms with Crippen LogP contribution < -0.4 is 9.64 Å². The number of carbonyl (C=O) groups excluding carboxylic acids is 2. The van der Waals surface area contributed by atoms with E-state index in [2.05, 4.69) is 66.1 Å². The number of ether oxygens (including phenoxy) is 2. The van der Waals surface area contributed by atoms with E-state index in [0.717, 1.165) is 100.0 Å². The monoisotopic (exact) mass is 710 g/mol. The number of likely N-dealkylation sites (tertiary alicyclic amines) is 1. The summed E-state index contributed by atoms with van der Waals surface area (Å²) >= 11 is 0. The lowest BCUT2D eigenvalue weighted by atomic mass is 9.51. The number of anilines is 1. The topological polar surface area (TPSA) is 93.0 Å². The molecule has 52 heavy (non-hydrogen) atoms. The summed E-state index contributed by atoms with van der Waals surface area (Å²) in [6.07, 6.45) is 15.7. The van der Waals surface area contributed by atoms with Gasteiger partial charge in [-0.05, 0) is 151 Å². The van der Waals surface area contributed by atoms with Gasteiger partial charge in [-0.25, -0.2) is 9.78 Å². The number of aromatic nitrogens is 3. The van der Waals surface area contributed by atoms with Crippen molar-refractivity contribution >= 4 is 17.8 Å². The van der Waals surface area contributed by atoms with Crippen LogP contribution >= 0.6 is 0 Å². The van der Waals surface area contributed by atoms with Gasteiger partial charge >= 0.3 is 6.09 Å². The molecule has 0 atom stereocenters. The van der Waals surface area contributed by atoms with Crippen LogP contribution in [-0.4, -0.2) is 90.1 Å². The molecule has 4 aliphatic carbocycles. The number of rotatable bonds is 11. The number of methoxy groups -OCH3 is 1. The number of nitrogens with zero attached hydrogens (tertiary/aromatic N) is 6. The minimum atomic E-state index is -0.210. The predicted octanol–water partition coefficient (Wildman–Crippen LogP) is 7.66.